The number of carbonyl (C=O) groups excluding carboxylic acids is 1. The fourth-order valence-corrected chi connectivity index (χ4v) is 2.84. The van der Waals surface area contributed by atoms with Crippen molar-refractivity contribution in [3.05, 3.63) is 95.0 Å². The van der Waals surface area contributed by atoms with Gasteiger partial charge in [-0.25, -0.2) is 4.79 Å². The molecule has 1 radical (unpaired) electrons. The third-order valence-electron chi connectivity index (χ3n) is 3.86. The SMILES string of the molecule is O=C1N(c2ccccc2)[N]C(c2ccc(Br)cc2)=NN1c1ccccc1. The topological polar surface area (TPSA) is 50.0 Å². The molecular weight excluding hydrogens is 392 g/mol. The van der Waals surface area contributed by atoms with E-state index in [1.165, 1.54) is 10.0 Å². The Kier molecular flexibility index (Phi) is 4.41. The summed E-state index contributed by atoms with van der Waals surface area (Å²) in [6.45, 7) is 0. The highest BCUT2D eigenvalue weighted by Gasteiger charge is 2.32. The van der Waals surface area contributed by atoms with Crippen LogP contribution in [0.1, 0.15) is 5.56 Å². The number of carbonyl (C=O) groups is 1. The van der Waals surface area contributed by atoms with Crippen LogP contribution in [0, 0.1) is 0 Å². The Bertz CT molecular complexity index is 943. The van der Waals surface area contributed by atoms with Crippen LogP contribution < -0.4 is 15.4 Å². The number of hydrazone groups is 1. The highest BCUT2D eigenvalue weighted by Crippen LogP contribution is 2.24. The lowest BCUT2D eigenvalue weighted by atomic mass is 10.2. The van der Waals surface area contributed by atoms with E-state index in [0.717, 1.165) is 10.0 Å². The smallest absolute Gasteiger partial charge is 0.244 e. The van der Waals surface area contributed by atoms with Gasteiger partial charge in [0.15, 0.2) is 5.84 Å². The average Bonchev–Trinajstić information content (AvgIpc) is 2.70. The second-order valence-electron chi connectivity index (χ2n) is 5.61. The molecule has 127 valence electrons. The van der Waals surface area contributed by atoms with Gasteiger partial charge in [0.2, 0.25) is 0 Å². The van der Waals surface area contributed by atoms with Crippen LogP contribution >= 0.6 is 15.9 Å². The van der Waals surface area contributed by atoms with Crippen LogP contribution in [0.4, 0.5) is 16.2 Å². The molecule has 0 atom stereocenters. The molecule has 6 heteroatoms. The van der Waals surface area contributed by atoms with Crippen molar-refractivity contribution in [1.82, 2.24) is 5.43 Å². The zero-order chi connectivity index (χ0) is 17.9. The van der Waals surface area contributed by atoms with E-state index < -0.39 is 0 Å². The highest BCUT2D eigenvalue weighted by molar-refractivity contribution is 9.10. The molecule has 3 aromatic carbocycles. The van der Waals surface area contributed by atoms with E-state index in [1.54, 1.807) is 0 Å². The Morgan fingerprint density at radius 2 is 1.23 bits per heavy atom. The normalized spacial score (nSPS) is 14.0. The van der Waals surface area contributed by atoms with Crippen LogP contribution in [0.5, 0.6) is 0 Å². The highest BCUT2D eigenvalue weighted by atomic mass is 79.9. The minimum absolute atomic E-state index is 0.330. The van der Waals surface area contributed by atoms with Crippen molar-refractivity contribution in [2.75, 3.05) is 10.0 Å². The van der Waals surface area contributed by atoms with Crippen molar-refractivity contribution in [3.8, 4) is 0 Å². The summed E-state index contributed by atoms with van der Waals surface area (Å²) in [5, 5.41) is 7.23. The van der Waals surface area contributed by atoms with E-state index in [4.69, 9.17) is 0 Å². The van der Waals surface area contributed by atoms with Crippen molar-refractivity contribution in [2.24, 2.45) is 5.10 Å². The predicted octanol–water partition coefficient (Wildman–Crippen LogP) is 4.78. The van der Waals surface area contributed by atoms with Gasteiger partial charge >= 0.3 is 6.03 Å². The standard InChI is InChI=1S/C20H14BrN4O/c21-16-13-11-15(12-14-16)19-22-24(17-7-3-1-4-8-17)20(26)25(23-19)18-9-5-2-6-10-18/h1-14H. The summed E-state index contributed by atoms with van der Waals surface area (Å²) in [5.41, 5.74) is 6.67. The number of amidine groups is 1. The maximum absolute atomic E-state index is 13.0. The number of rotatable bonds is 3. The molecule has 3 aromatic rings. The number of hydrogen-bond donors (Lipinski definition) is 0. The third kappa shape index (κ3) is 3.19. The summed E-state index contributed by atoms with van der Waals surface area (Å²) in [7, 11) is 0. The number of urea groups is 1. The summed E-state index contributed by atoms with van der Waals surface area (Å²) in [5.74, 6) is 0.463. The van der Waals surface area contributed by atoms with Crippen LogP contribution in [0.25, 0.3) is 0 Å². The first-order valence-corrected chi connectivity index (χ1v) is 8.82. The van der Waals surface area contributed by atoms with Gasteiger partial charge in [-0.2, -0.15) is 10.0 Å². The van der Waals surface area contributed by atoms with Crippen LogP contribution in [0.3, 0.4) is 0 Å². The van der Waals surface area contributed by atoms with Crippen LogP contribution in [0.2, 0.25) is 0 Å². The molecule has 0 saturated carbocycles. The summed E-state index contributed by atoms with van der Waals surface area (Å²) in [4.78, 5) is 13.0. The lowest BCUT2D eigenvalue weighted by Crippen LogP contribution is -2.52. The minimum atomic E-state index is -0.330. The molecule has 0 aliphatic carbocycles. The molecule has 0 saturated heterocycles. The van der Waals surface area contributed by atoms with E-state index in [2.05, 4.69) is 26.5 Å². The molecule has 0 N–H and O–H groups in total. The predicted molar refractivity (Wildman–Crippen MR) is 106 cm³/mol. The van der Waals surface area contributed by atoms with E-state index in [1.807, 2.05) is 84.9 Å². The molecule has 0 aromatic heterocycles. The van der Waals surface area contributed by atoms with Crippen LogP contribution in [-0.4, -0.2) is 11.9 Å². The van der Waals surface area contributed by atoms with E-state index >= 15 is 0 Å². The fourth-order valence-electron chi connectivity index (χ4n) is 2.57. The molecule has 1 heterocycles. The Labute approximate surface area is 159 Å². The second kappa shape index (κ2) is 7.01. The molecule has 0 spiro atoms. The molecular formula is C20H14BrN4O. The van der Waals surface area contributed by atoms with Crippen molar-refractivity contribution in [1.29, 1.82) is 0 Å². The van der Waals surface area contributed by atoms with Crippen LogP contribution in [-0.2, 0) is 0 Å². The Morgan fingerprint density at radius 3 is 1.81 bits per heavy atom. The number of benzene rings is 3. The van der Waals surface area contributed by atoms with Crippen molar-refractivity contribution < 1.29 is 4.79 Å². The molecule has 1 aliphatic rings. The van der Waals surface area contributed by atoms with Crippen molar-refractivity contribution >= 4 is 39.2 Å². The lowest BCUT2D eigenvalue weighted by molar-refractivity contribution is 0.249. The maximum atomic E-state index is 13.0. The van der Waals surface area contributed by atoms with Gasteiger partial charge in [0.25, 0.3) is 0 Å². The molecule has 1 aliphatic heterocycles. The zero-order valence-electron chi connectivity index (χ0n) is 13.7. The van der Waals surface area contributed by atoms with E-state index in [0.29, 0.717) is 17.2 Å². The van der Waals surface area contributed by atoms with Gasteiger partial charge in [0.1, 0.15) is 0 Å². The van der Waals surface area contributed by atoms with E-state index in [-0.39, 0.29) is 6.03 Å². The van der Waals surface area contributed by atoms with Gasteiger partial charge in [-0.1, -0.05) is 52.3 Å². The molecule has 4 rings (SSSR count). The summed E-state index contributed by atoms with van der Waals surface area (Å²) in [6, 6.07) is 26.0. The molecule has 0 fully saturated rings. The first kappa shape index (κ1) is 16.4. The maximum Gasteiger partial charge on any atom is 0.370 e. The van der Waals surface area contributed by atoms with Gasteiger partial charge < -0.3 is 0 Å². The summed E-state index contributed by atoms with van der Waals surface area (Å²) in [6.07, 6.45) is 0. The lowest BCUT2D eigenvalue weighted by Gasteiger charge is -2.31. The van der Waals surface area contributed by atoms with Crippen molar-refractivity contribution in [3.63, 3.8) is 0 Å². The van der Waals surface area contributed by atoms with E-state index in [9.17, 15) is 4.79 Å². The largest absolute Gasteiger partial charge is 0.370 e. The number of amides is 2. The Morgan fingerprint density at radius 1 is 0.692 bits per heavy atom. The number of halogens is 1. The van der Waals surface area contributed by atoms with Gasteiger partial charge in [0, 0.05) is 10.0 Å². The van der Waals surface area contributed by atoms with Gasteiger partial charge in [0.05, 0.1) is 11.4 Å². The number of nitrogens with zero attached hydrogens (tertiary/aromatic N) is 4. The quantitative estimate of drug-likeness (QED) is 0.618. The third-order valence-corrected chi connectivity index (χ3v) is 4.38. The number of para-hydroxylation sites is 2. The summed E-state index contributed by atoms with van der Waals surface area (Å²) >= 11 is 3.43. The first-order valence-electron chi connectivity index (χ1n) is 8.03. The van der Waals surface area contributed by atoms with Gasteiger partial charge in [-0.15, -0.1) is 10.5 Å². The van der Waals surface area contributed by atoms with Crippen LogP contribution in [0.15, 0.2) is 94.5 Å². The molecule has 26 heavy (non-hydrogen) atoms. The monoisotopic (exact) mass is 405 g/mol. The molecule has 0 unspecified atom stereocenters. The minimum Gasteiger partial charge on any atom is -0.244 e. The van der Waals surface area contributed by atoms with Gasteiger partial charge in [-0.05, 0) is 48.5 Å². The fraction of sp³-hybridized carbons (Fsp3) is 0. The number of hydrogen-bond acceptors (Lipinski definition) is 2. The first-order chi connectivity index (χ1) is 12.7. The second-order valence-corrected chi connectivity index (χ2v) is 6.52. The average molecular weight is 406 g/mol. The summed E-state index contributed by atoms with van der Waals surface area (Å²) < 4.78 is 0.966. The van der Waals surface area contributed by atoms with Gasteiger partial charge in [-0.3, -0.25) is 0 Å². The Balaban J connectivity index is 1.79. The molecule has 5 nitrogen and oxygen atoms in total. The van der Waals surface area contributed by atoms with Crippen molar-refractivity contribution in [2.45, 2.75) is 0 Å². The number of anilines is 2. The Hall–Kier alpha value is -3.12. The molecule has 0 bridgehead atoms. The zero-order valence-corrected chi connectivity index (χ0v) is 15.2. The molecule has 2 amide bonds.